The molecule has 6 nitrogen and oxygen atoms in total. The summed E-state index contributed by atoms with van der Waals surface area (Å²) in [7, 11) is 0. The molecule has 3 aromatic rings. The molecule has 1 fully saturated rings. The van der Waals surface area contributed by atoms with Crippen molar-refractivity contribution < 1.29 is 9.89 Å². The van der Waals surface area contributed by atoms with Gasteiger partial charge in [0.1, 0.15) is 25.0 Å². The van der Waals surface area contributed by atoms with Gasteiger partial charge in [0.2, 0.25) is 0 Å². The second-order valence-corrected chi connectivity index (χ2v) is 10.2. The summed E-state index contributed by atoms with van der Waals surface area (Å²) in [5, 5.41) is 9.71. The summed E-state index contributed by atoms with van der Waals surface area (Å²) in [5.41, 5.74) is 4.85. The third-order valence-electron chi connectivity index (χ3n) is 5.97. The second kappa shape index (κ2) is 6.75. The number of nitriles is 1. The van der Waals surface area contributed by atoms with Crippen molar-refractivity contribution in [3.05, 3.63) is 41.5 Å². The normalized spacial score (nSPS) is 21.9. The minimum absolute atomic E-state index is 0.195. The highest BCUT2D eigenvalue weighted by molar-refractivity contribution is 8.01. The zero-order valence-corrected chi connectivity index (χ0v) is 17.9. The van der Waals surface area contributed by atoms with Gasteiger partial charge in [0.05, 0.1) is 34.4 Å². The fourth-order valence-electron chi connectivity index (χ4n) is 4.44. The number of thioether (sulfide) groups is 1. The Morgan fingerprint density at radius 1 is 1.28 bits per heavy atom. The number of imidazole rings is 1. The van der Waals surface area contributed by atoms with E-state index in [0.29, 0.717) is 11.1 Å². The summed E-state index contributed by atoms with van der Waals surface area (Å²) < 4.78 is 2.37. The molecule has 0 spiro atoms. The molecular formula is C22H26N6S+2. The van der Waals surface area contributed by atoms with Crippen molar-refractivity contribution >= 4 is 40.5 Å². The Bertz CT molecular complexity index is 1160. The average molecular weight is 407 g/mol. The number of anilines is 1. The topological polar surface area (TPSA) is 62.7 Å². The number of piperazine rings is 1. The molecule has 29 heavy (non-hydrogen) atoms. The highest BCUT2D eigenvalue weighted by Gasteiger charge is 2.41. The molecule has 2 aromatic heterocycles. The molecule has 1 saturated heterocycles. The molecule has 5 rings (SSSR count). The van der Waals surface area contributed by atoms with Crippen LogP contribution in [-0.4, -0.2) is 52.0 Å². The molecule has 0 radical (unpaired) electrons. The van der Waals surface area contributed by atoms with Gasteiger partial charge in [-0.05, 0) is 56.3 Å². The summed E-state index contributed by atoms with van der Waals surface area (Å²) in [6.45, 7) is 10.7. The van der Waals surface area contributed by atoms with Gasteiger partial charge < -0.3 is 4.90 Å². The van der Waals surface area contributed by atoms with Gasteiger partial charge in [-0.2, -0.15) is 10.3 Å². The van der Waals surface area contributed by atoms with Crippen LogP contribution in [0.3, 0.4) is 0 Å². The maximum Gasteiger partial charge on any atom is 0.326 e. The molecule has 2 N–H and O–H groups in total. The smallest absolute Gasteiger partial charge is 0.326 e. The fourth-order valence-corrected chi connectivity index (χ4v) is 5.72. The van der Waals surface area contributed by atoms with Gasteiger partial charge in [0.25, 0.3) is 0 Å². The Balaban J connectivity index is 1.50. The van der Waals surface area contributed by atoms with E-state index in [-0.39, 0.29) is 4.75 Å². The van der Waals surface area contributed by atoms with Gasteiger partial charge in [0, 0.05) is 0 Å². The fraction of sp³-hybridized carbons (Fsp3) is 0.409. The lowest BCUT2D eigenvalue weighted by Gasteiger charge is -2.34. The van der Waals surface area contributed by atoms with E-state index in [1.807, 2.05) is 36.9 Å². The first-order valence-corrected chi connectivity index (χ1v) is 11.0. The molecule has 4 heterocycles. The predicted molar refractivity (Wildman–Crippen MR) is 118 cm³/mol. The number of quaternary nitrogens is 1. The lowest BCUT2D eigenvalue weighted by molar-refractivity contribution is -0.985. The van der Waals surface area contributed by atoms with Crippen molar-refractivity contribution in [2.75, 3.05) is 31.1 Å². The minimum atomic E-state index is 0.195. The molecule has 0 bridgehead atoms. The number of aryl methyl sites for hydroxylation is 1. The number of benzene rings is 1. The number of fused-ring (bicyclic) bond motifs is 3. The lowest BCUT2D eigenvalue weighted by Crippen LogP contribution is -3.25. The lowest BCUT2D eigenvalue weighted by atomic mass is 10.1. The van der Waals surface area contributed by atoms with E-state index in [4.69, 9.17) is 4.98 Å². The van der Waals surface area contributed by atoms with E-state index in [9.17, 15) is 5.26 Å². The summed E-state index contributed by atoms with van der Waals surface area (Å²) >= 11 is 2.01. The highest BCUT2D eigenvalue weighted by atomic mass is 32.2. The van der Waals surface area contributed by atoms with Crippen LogP contribution in [0.5, 0.6) is 0 Å². The Morgan fingerprint density at radius 2 is 2.03 bits per heavy atom. The van der Waals surface area contributed by atoms with Crippen molar-refractivity contribution in [3.8, 4) is 6.07 Å². The zero-order valence-electron chi connectivity index (χ0n) is 17.1. The van der Waals surface area contributed by atoms with Gasteiger partial charge in [-0.15, -0.1) is 0 Å². The molecule has 7 heteroatoms. The number of hydrogen-bond donors (Lipinski definition) is 2. The number of rotatable bonds is 2. The van der Waals surface area contributed by atoms with Gasteiger partial charge in [-0.1, -0.05) is 12.1 Å². The van der Waals surface area contributed by atoms with E-state index in [1.165, 1.54) is 0 Å². The SMILES string of the molecule is Cc1cc(N2CC[NH+]([C@@H]3[NH+]=CC(C)(C)S3)CC2)n2c(nc3ccccc32)c1C#N. The first kappa shape index (κ1) is 18.5. The average Bonchev–Trinajstić information content (AvgIpc) is 3.27. The molecule has 1 atom stereocenters. The summed E-state index contributed by atoms with van der Waals surface area (Å²) in [6, 6.07) is 12.7. The Labute approximate surface area is 174 Å². The number of hydrogen-bond acceptors (Lipinski definition) is 4. The molecule has 2 aliphatic heterocycles. The number of pyridine rings is 1. The number of aromatic nitrogens is 2. The second-order valence-electron chi connectivity index (χ2n) is 8.49. The Hall–Kier alpha value is -2.56. The quantitative estimate of drug-likeness (QED) is 0.644. The standard InChI is InChI=1S/C22H24N6S/c1-15-12-19(26-8-10-27(11-9-26)21-24-14-22(2,3)29-21)28-18-7-5-4-6-17(18)25-20(28)16(15)13-23/h4-7,12,14,21H,8-11H2,1-3H3/p+2/t21-/m0/s1. The molecule has 1 aromatic carbocycles. The van der Waals surface area contributed by atoms with Gasteiger partial charge in [0.15, 0.2) is 11.9 Å². The maximum absolute atomic E-state index is 9.71. The van der Waals surface area contributed by atoms with Crippen LogP contribution in [0, 0.1) is 18.3 Å². The number of nitrogens with one attached hydrogen (secondary N) is 2. The summed E-state index contributed by atoms with van der Waals surface area (Å²) in [5.74, 6) is 1.14. The van der Waals surface area contributed by atoms with Crippen LogP contribution in [0.4, 0.5) is 5.82 Å². The largest absolute Gasteiger partial charge is 0.346 e. The van der Waals surface area contributed by atoms with Crippen molar-refractivity contribution in [3.63, 3.8) is 0 Å². The van der Waals surface area contributed by atoms with Crippen LogP contribution < -0.4 is 14.8 Å². The van der Waals surface area contributed by atoms with Crippen LogP contribution in [0.2, 0.25) is 0 Å². The first-order chi connectivity index (χ1) is 14.0. The van der Waals surface area contributed by atoms with E-state index in [0.717, 1.165) is 54.2 Å². The van der Waals surface area contributed by atoms with Crippen molar-refractivity contribution in [2.24, 2.45) is 0 Å². The van der Waals surface area contributed by atoms with Crippen molar-refractivity contribution in [1.82, 2.24) is 9.38 Å². The van der Waals surface area contributed by atoms with Gasteiger partial charge in [-0.25, -0.2) is 4.98 Å². The zero-order chi connectivity index (χ0) is 20.2. The van der Waals surface area contributed by atoms with E-state index >= 15 is 0 Å². The monoisotopic (exact) mass is 406 g/mol. The van der Waals surface area contributed by atoms with Crippen LogP contribution in [0.15, 0.2) is 30.3 Å². The van der Waals surface area contributed by atoms with Gasteiger partial charge in [-0.3, -0.25) is 9.30 Å². The molecule has 0 saturated carbocycles. The predicted octanol–water partition coefficient (Wildman–Crippen LogP) is 0.333. The third kappa shape index (κ3) is 3.07. The van der Waals surface area contributed by atoms with Crippen LogP contribution in [0.1, 0.15) is 25.0 Å². The minimum Gasteiger partial charge on any atom is -0.346 e. The first-order valence-electron chi connectivity index (χ1n) is 10.2. The van der Waals surface area contributed by atoms with E-state index < -0.39 is 0 Å². The molecule has 148 valence electrons. The third-order valence-corrected chi connectivity index (χ3v) is 7.40. The van der Waals surface area contributed by atoms with Crippen LogP contribution in [-0.2, 0) is 0 Å². The number of nitrogens with zero attached hydrogens (tertiary/aromatic N) is 4. The summed E-state index contributed by atoms with van der Waals surface area (Å²) in [6.07, 6.45) is 2.23. The Kier molecular flexibility index (Phi) is 4.30. The van der Waals surface area contributed by atoms with E-state index in [2.05, 4.69) is 52.6 Å². The Morgan fingerprint density at radius 3 is 2.72 bits per heavy atom. The molecule has 0 aliphatic carbocycles. The molecular weight excluding hydrogens is 380 g/mol. The molecule has 0 unspecified atom stereocenters. The maximum atomic E-state index is 9.71. The van der Waals surface area contributed by atoms with Gasteiger partial charge >= 0.3 is 5.50 Å². The summed E-state index contributed by atoms with van der Waals surface area (Å²) in [4.78, 5) is 12.4. The molecule has 0 amide bonds. The van der Waals surface area contributed by atoms with E-state index in [1.54, 1.807) is 4.90 Å². The van der Waals surface area contributed by atoms with Crippen LogP contribution >= 0.6 is 11.8 Å². The number of para-hydroxylation sites is 2. The van der Waals surface area contributed by atoms with Crippen LogP contribution in [0.25, 0.3) is 16.7 Å². The van der Waals surface area contributed by atoms with Crippen molar-refractivity contribution in [2.45, 2.75) is 31.0 Å². The highest BCUT2D eigenvalue weighted by Crippen LogP contribution is 2.29. The van der Waals surface area contributed by atoms with Crippen molar-refractivity contribution in [1.29, 1.82) is 5.26 Å². The molecule has 2 aliphatic rings.